The molecule has 0 rings (SSSR count). The normalized spacial score (nSPS) is 13.3. The van der Waals surface area contributed by atoms with Crippen molar-refractivity contribution in [3.63, 3.8) is 0 Å². The van der Waals surface area contributed by atoms with Crippen LogP contribution in [0.4, 0.5) is 0 Å². The Hall–Kier alpha value is -0.530. The highest BCUT2D eigenvalue weighted by molar-refractivity contribution is 5.75. The Balaban J connectivity index is 3.79. The summed E-state index contributed by atoms with van der Waals surface area (Å²) in [5.74, 6) is -1.70. The molecule has 0 aromatic carbocycles. The lowest BCUT2D eigenvalue weighted by Gasteiger charge is -1.90. The lowest BCUT2D eigenvalue weighted by atomic mass is 10.2. The van der Waals surface area contributed by atoms with Crippen molar-refractivity contribution in [2.45, 2.75) is 13.8 Å². The summed E-state index contributed by atoms with van der Waals surface area (Å²) < 4.78 is 6.91. The van der Waals surface area contributed by atoms with Crippen molar-refractivity contribution >= 4 is 5.91 Å². The quantitative estimate of drug-likeness (QED) is 0.486. The van der Waals surface area contributed by atoms with Gasteiger partial charge in [-0.25, -0.2) is 0 Å². The van der Waals surface area contributed by atoms with Crippen LogP contribution in [0.2, 0.25) is 0 Å². The summed E-state index contributed by atoms with van der Waals surface area (Å²) >= 11 is 0. The van der Waals surface area contributed by atoms with Crippen LogP contribution >= 0.6 is 0 Å². The minimum absolute atomic E-state index is 0.590. The number of primary amides is 1. The van der Waals surface area contributed by atoms with Crippen molar-refractivity contribution in [3.8, 4) is 0 Å². The Labute approximate surface area is 38.7 Å². The van der Waals surface area contributed by atoms with E-state index < -0.39 is 11.8 Å². The molecule has 0 saturated heterocycles. The van der Waals surface area contributed by atoms with Gasteiger partial charge in [0.2, 0.25) is 5.91 Å². The van der Waals surface area contributed by atoms with Gasteiger partial charge >= 0.3 is 0 Å². The molecule has 0 aromatic rings. The molecule has 0 heterocycles. The average molecular weight is 88.1 g/mol. The summed E-state index contributed by atoms with van der Waals surface area (Å²) in [4.78, 5) is 10.1. The SMILES string of the molecule is [2H]C(C)(C)C(N)=O. The van der Waals surface area contributed by atoms with Gasteiger partial charge in [0, 0.05) is 7.26 Å². The minimum Gasteiger partial charge on any atom is -0.369 e. The number of carbonyl (C=O) groups excluding carboxylic acids is 1. The number of carbonyl (C=O) groups is 1. The van der Waals surface area contributed by atoms with Gasteiger partial charge in [0.1, 0.15) is 0 Å². The molecule has 2 heteroatoms. The molecule has 0 aliphatic carbocycles. The van der Waals surface area contributed by atoms with Crippen LogP contribution in [-0.4, -0.2) is 5.91 Å². The fraction of sp³-hybridized carbons (Fsp3) is 0.750. The van der Waals surface area contributed by atoms with Crippen molar-refractivity contribution in [2.24, 2.45) is 11.6 Å². The number of rotatable bonds is 1. The van der Waals surface area contributed by atoms with Gasteiger partial charge in [-0.05, 0) is 0 Å². The predicted molar refractivity (Wildman–Crippen MR) is 24.0 cm³/mol. The molecule has 0 aromatic heterocycles. The highest BCUT2D eigenvalue weighted by Gasteiger charge is 1.96. The molecule has 6 heavy (non-hydrogen) atoms. The van der Waals surface area contributed by atoms with Crippen LogP contribution in [0, 0.1) is 5.89 Å². The van der Waals surface area contributed by atoms with Gasteiger partial charge in [-0.2, -0.15) is 0 Å². The van der Waals surface area contributed by atoms with E-state index in [9.17, 15) is 4.79 Å². The van der Waals surface area contributed by atoms with E-state index in [1.807, 2.05) is 0 Å². The Bertz CT molecular complexity index is 84.2. The average Bonchev–Trinajstić information content (AvgIpc) is 1.31. The van der Waals surface area contributed by atoms with Crippen molar-refractivity contribution in [1.82, 2.24) is 0 Å². The van der Waals surface area contributed by atoms with Crippen LogP contribution < -0.4 is 5.73 Å². The molecule has 0 fully saturated rings. The first-order chi connectivity index (χ1) is 2.94. The van der Waals surface area contributed by atoms with Crippen LogP contribution in [0.25, 0.3) is 0 Å². The van der Waals surface area contributed by atoms with Crippen molar-refractivity contribution < 1.29 is 6.17 Å². The van der Waals surface area contributed by atoms with Gasteiger partial charge in [-0.15, -0.1) is 0 Å². The molecule has 0 atom stereocenters. The maximum Gasteiger partial charge on any atom is 0.219 e. The second-order valence-corrected chi connectivity index (χ2v) is 1.36. The van der Waals surface area contributed by atoms with E-state index in [0.717, 1.165) is 0 Å². The van der Waals surface area contributed by atoms with E-state index >= 15 is 0 Å². The van der Waals surface area contributed by atoms with Crippen LogP contribution in [-0.2, 0) is 4.79 Å². The summed E-state index contributed by atoms with van der Waals surface area (Å²) in [5, 5.41) is 0. The van der Waals surface area contributed by atoms with Gasteiger partial charge in [-0.1, -0.05) is 13.8 Å². The van der Waals surface area contributed by atoms with Crippen molar-refractivity contribution in [2.75, 3.05) is 0 Å². The lowest BCUT2D eigenvalue weighted by molar-refractivity contribution is -0.120. The van der Waals surface area contributed by atoms with Crippen LogP contribution in [0.1, 0.15) is 15.2 Å². The zero-order valence-corrected chi connectivity index (χ0v) is 3.99. The van der Waals surface area contributed by atoms with E-state index in [1.54, 1.807) is 0 Å². The summed E-state index contributed by atoms with van der Waals surface area (Å²) in [6, 6.07) is 0. The second kappa shape index (κ2) is 1.80. The molecule has 0 radical (unpaired) electrons. The zero-order chi connectivity index (χ0) is 6.08. The molecule has 36 valence electrons. The summed E-state index contributed by atoms with van der Waals surface area (Å²) in [6.45, 7) is 2.91. The van der Waals surface area contributed by atoms with Gasteiger partial charge < -0.3 is 5.73 Å². The maximum atomic E-state index is 10.1. The van der Waals surface area contributed by atoms with Gasteiger partial charge in [0.25, 0.3) is 0 Å². The van der Waals surface area contributed by atoms with E-state index in [-0.39, 0.29) is 0 Å². The van der Waals surface area contributed by atoms with Crippen LogP contribution in [0.3, 0.4) is 0 Å². The Morgan fingerprint density at radius 2 is 2.17 bits per heavy atom. The fourth-order valence-corrected chi connectivity index (χ4v) is 0. The summed E-state index contributed by atoms with van der Waals surface area (Å²) in [5.41, 5.74) is 4.74. The minimum atomic E-state index is -1.11. The molecule has 2 nitrogen and oxygen atoms in total. The number of nitrogens with two attached hydrogens (primary N) is 1. The first-order valence-electron chi connectivity index (χ1n) is 2.24. The molecule has 0 saturated carbocycles. The Morgan fingerprint density at radius 3 is 2.17 bits per heavy atom. The van der Waals surface area contributed by atoms with Crippen LogP contribution in [0.5, 0.6) is 0 Å². The summed E-state index contributed by atoms with van der Waals surface area (Å²) in [6.07, 6.45) is 0. The third kappa shape index (κ3) is 1.76. The first kappa shape index (κ1) is 3.65. The highest BCUT2D eigenvalue weighted by Crippen LogP contribution is 1.84. The molecule has 0 spiro atoms. The van der Waals surface area contributed by atoms with E-state index in [4.69, 9.17) is 7.10 Å². The second-order valence-electron chi connectivity index (χ2n) is 1.36. The molecule has 0 unspecified atom stereocenters. The summed E-state index contributed by atoms with van der Waals surface area (Å²) in [7, 11) is 0. The van der Waals surface area contributed by atoms with E-state index in [1.165, 1.54) is 13.8 Å². The standard InChI is InChI=1S/C4H9NO/c1-3(2)4(5)6/h3H,1-2H3,(H2,5,6)/i3D. The third-order valence-electron chi connectivity index (χ3n) is 0.493. The monoisotopic (exact) mass is 88.1 g/mol. The largest absolute Gasteiger partial charge is 0.369 e. The van der Waals surface area contributed by atoms with Crippen molar-refractivity contribution in [1.29, 1.82) is 0 Å². The highest BCUT2D eigenvalue weighted by atomic mass is 16.1. The molecule has 2 N–H and O–H groups in total. The van der Waals surface area contributed by atoms with Gasteiger partial charge in [-0.3, -0.25) is 4.79 Å². The molecule has 1 amide bonds. The molecular formula is C4H9NO. The van der Waals surface area contributed by atoms with Gasteiger partial charge in [0.05, 0.1) is 0 Å². The topological polar surface area (TPSA) is 43.1 Å². The molecule has 0 aliphatic heterocycles. The van der Waals surface area contributed by atoms with Crippen molar-refractivity contribution in [3.05, 3.63) is 0 Å². The zero-order valence-electron chi connectivity index (χ0n) is 4.99. The number of hydrogen-bond acceptors (Lipinski definition) is 1. The maximum absolute atomic E-state index is 10.1. The predicted octanol–water partition coefficient (Wildman–Crippen LogP) is 0.128. The van der Waals surface area contributed by atoms with Crippen LogP contribution in [0.15, 0.2) is 0 Å². The first-order valence-corrected chi connectivity index (χ1v) is 1.74. The van der Waals surface area contributed by atoms with E-state index in [0.29, 0.717) is 0 Å². The Kier molecular flexibility index (Phi) is 1.10. The molecule has 0 aliphatic rings. The van der Waals surface area contributed by atoms with E-state index in [2.05, 4.69) is 0 Å². The van der Waals surface area contributed by atoms with Gasteiger partial charge in [0.15, 0.2) is 0 Å². The molecular weight excluding hydrogens is 78.0 g/mol. The number of amides is 1. The smallest absolute Gasteiger partial charge is 0.219 e. The fourth-order valence-electron chi connectivity index (χ4n) is 0. The molecule has 0 bridgehead atoms. The lowest BCUT2D eigenvalue weighted by Crippen LogP contribution is -2.17. The third-order valence-corrected chi connectivity index (χ3v) is 0.493. The Morgan fingerprint density at radius 1 is 2.00 bits per heavy atom. The number of hydrogen-bond donors (Lipinski definition) is 1.